The standard InChI is InChI=1S/C17H26N2O/c1-4-7-18-16-5-8-19(9-6-16)17(20)15-11-13(2)10-14(3)12-15/h10-12,16,18H,4-9H2,1-3H3. The molecule has 1 aromatic rings. The summed E-state index contributed by atoms with van der Waals surface area (Å²) in [6.45, 7) is 9.09. The maximum Gasteiger partial charge on any atom is 0.253 e. The Hall–Kier alpha value is -1.35. The lowest BCUT2D eigenvalue weighted by Gasteiger charge is -2.32. The molecular formula is C17H26N2O. The largest absolute Gasteiger partial charge is 0.339 e. The van der Waals surface area contributed by atoms with Crippen LogP contribution in [0, 0.1) is 13.8 Å². The average molecular weight is 274 g/mol. The molecule has 1 aliphatic rings. The first-order valence-electron chi connectivity index (χ1n) is 7.71. The highest BCUT2D eigenvalue weighted by molar-refractivity contribution is 5.94. The van der Waals surface area contributed by atoms with E-state index in [-0.39, 0.29) is 5.91 Å². The molecule has 20 heavy (non-hydrogen) atoms. The van der Waals surface area contributed by atoms with E-state index in [2.05, 4.69) is 18.3 Å². The van der Waals surface area contributed by atoms with Gasteiger partial charge in [-0.2, -0.15) is 0 Å². The molecule has 1 amide bonds. The van der Waals surface area contributed by atoms with Crippen LogP contribution in [0.1, 0.15) is 47.7 Å². The first kappa shape index (κ1) is 15.0. The average Bonchev–Trinajstić information content (AvgIpc) is 2.44. The predicted octanol–water partition coefficient (Wildman–Crippen LogP) is 2.91. The molecule has 3 nitrogen and oxygen atoms in total. The molecule has 0 saturated carbocycles. The Morgan fingerprint density at radius 3 is 2.35 bits per heavy atom. The number of piperidine rings is 1. The van der Waals surface area contributed by atoms with Gasteiger partial charge in [0.25, 0.3) is 5.91 Å². The van der Waals surface area contributed by atoms with E-state index in [1.807, 2.05) is 30.9 Å². The third-order valence-electron chi connectivity index (χ3n) is 3.93. The molecule has 0 atom stereocenters. The van der Waals surface area contributed by atoms with Gasteiger partial charge in [0, 0.05) is 24.7 Å². The minimum Gasteiger partial charge on any atom is -0.339 e. The second-order valence-corrected chi connectivity index (χ2v) is 5.90. The van der Waals surface area contributed by atoms with E-state index in [1.54, 1.807) is 0 Å². The fourth-order valence-electron chi connectivity index (χ4n) is 2.92. The van der Waals surface area contributed by atoms with Crippen LogP contribution in [0.2, 0.25) is 0 Å². The summed E-state index contributed by atoms with van der Waals surface area (Å²) in [6.07, 6.45) is 3.30. The fraction of sp³-hybridized carbons (Fsp3) is 0.588. The Balaban J connectivity index is 1.94. The summed E-state index contributed by atoms with van der Waals surface area (Å²) in [5.41, 5.74) is 3.16. The molecule has 0 aromatic heterocycles. The number of aryl methyl sites for hydroxylation is 2. The van der Waals surface area contributed by atoms with Crippen molar-refractivity contribution in [1.82, 2.24) is 10.2 Å². The third-order valence-corrected chi connectivity index (χ3v) is 3.93. The molecule has 3 heteroatoms. The number of hydrogen-bond acceptors (Lipinski definition) is 2. The van der Waals surface area contributed by atoms with Crippen LogP contribution in [-0.4, -0.2) is 36.5 Å². The van der Waals surface area contributed by atoms with Crippen molar-refractivity contribution in [3.63, 3.8) is 0 Å². The number of amides is 1. The lowest BCUT2D eigenvalue weighted by molar-refractivity contribution is 0.0705. The number of benzene rings is 1. The van der Waals surface area contributed by atoms with Crippen molar-refractivity contribution < 1.29 is 4.79 Å². The van der Waals surface area contributed by atoms with Crippen LogP contribution in [0.4, 0.5) is 0 Å². The van der Waals surface area contributed by atoms with Crippen LogP contribution >= 0.6 is 0 Å². The fourth-order valence-corrected chi connectivity index (χ4v) is 2.92. The van der Waals surface area contributed by atoms with Gasteiger partial charge in [0.1, 0.15) is 0 Å². The first-order chi connectivity index (χ1) is 9.60. The topological polar surface area (TPSA) is 32.3 Å². The van der Waals surface area contributed by atoms with E-state index in [0.717, 1.165) is 49.2 Å². The Labute approximate surface area is 122 Å². The van der Waals surface area contributed by atoms with Crippen molar-refractivity contribution in [2.45, 2.75) is 46.1 Å². The Bertz CT molecular complexity index is 442. The lowest BCUT2D eigenvalue weighted by Crippen LogP contribution is -2.45. The van der Waals surface area contributed by atoms with E-state index in [1.165, 1.54) is 6.42 Å². The number of carbonyl (C=O) groups is 1. The summed E-state index contributed by atoms with van der Waals surface area (Å²) >= 11 is 0. The molecule has 0 unspecified atom stereocenters. The highest BCUT2D eigenvalue weighted by atomic mass is 16.2. The van der Waals surface area contributed by atoms with Gasteiger partial charge in [-0.3, -0.25) is 4.79 Å². The van der Waals surface area contributed by atoms with Gasteiger partial charge in [0.2, 0.25) is 0 Å². The molecule has 2 rings (SSSR count). The number of hydrogen-bond donors (Lipinski definition) is 1. The minimum absolute atomic E-state index is 0.186. The van der Waals surface area contributed by atoms with Crippen molar-refractivity contribution in [3.05, 3.63) is 34.9 Å². The molecule has 110 valence electrons. The van der Waals surface area contributed by atoms with Gasteiger partial charge >= 0.3 is 0 Å². The van der Waals surface area contributed by atoms with E-state index >= 15 is 0 Å². The molecule has 1 saturated heterocycles. The summed E-state index contributed by atoms with van der Waals surface area (Å²) in [7, 11) is 0. The van der Waals surface area contributed by atoms with E-state index in [0.29, 0.717) is 6.04 Å². The van der Waals surface area contributed by atoms with Gasteiger partial charge < -0.3 is 10.2 Å². The number of nitrogens with one attached hydrogen (secondary N) is 1. The first-order valence-corrected chi connectivity index (χ1v) is 7.71. The molecule has 1 heterocycles. The quantitative estimate of drug-likeness (QED) is 0.915. The SMILES string of the molecule is CCCNC1CCN(C(=O)c2cc(C)cc(C)c2)CC1. The third kappa shape index (κ3) is 3.83. The Kier molecular flexibility index (Phi) is 5.18. The van der Waals surface area contributed by atoms with Crippen LogP contribution in [0.3, 0.4) is 0 Å². The smallest absolute Gasteiger partial charge is 0.253 e. The number of nitrogens with zero attached hydrogens (tertiary/aromatic N) is 1. The van der Waals surface area contributed by atoms with Crippen molar-refractivity contribution >= 4 is 5.91 Å². The highest BCUT2D eigenvalue weighted by Gasteiger charge is 2.23. The second-order valence-electron chi connectivity index (χ2n) is 5.90. The number of rotatable bonds is 4. The highest BCUT2D eigenvalue weighted by Crippen LogP contribution is 2.16. The maximum atomic E-state index is 12.5. The molecule has 1 N–H and O–H groups in total. The van der Waals surface area contributed by atoms with E-state index in [4.69, 9.17) is 0 Å². The number of carbonyl (C=O) groups excluding carboxylic acids is 1. The van der Waals surface area contributed by atoms with Crippen LogP contribution in [0.25, 0.3) is 0 Å². The van der Waals surface area contributed by atoms with Crippen LogP contribution in [0.5, 0.6) is 0 Å². The van der Waals surface area contributed by atoms with Crippen LogP contribution < -0.4 is 5.32 Å². The molecule has 1 aromatic carbocycles. The van der Waals surface area contributed by atoms with Gasteiger partial charge in [-0.05, 0) is 51.8 Å². The monoisotopic (exact) mass is 274 g/mol. The zero-order valence-corrected chi connectivity index (χ0v) is 12.9. The summed E-state index contributed by atoms with van der Waals surface area (Å²) in [5.74, 6) is 0.186. The Morgan fingerprint density at radius 1 is 1.20 bits per heavy atom. The predicted molar refractivity (Wildman–Crippen MR) is 83.1 cm³/mol. The summed E-state index contributed by atoms with van der Waals surface area (Å²) in [6, 6.07) is 6.68. The van der Waals surface area contributed by atoms with Crippen molar-refractivity contribution in [3.8, 4) is 0 Å². The lowest BCUT2D eigenvalue weighted by atomic mass is 10.0. The molecule has 1 fully saturated rings. The van der Waals surface area contributed by atoms with Gasteiger partial charge in [0.05, 0.1) is 0 Å². The van der Waals surface area contributed by atoms with E-state index in [9.17, 15) is 4.79 Å². The molecule has 0 spiro atoms. The molecular weight excluding hydrogens is 248 g/mol. The molecule has 1 aliphatic heterocycles. The van der Waals surface area contributed by atoms with Gasteiger partial charge in [-0.25, -0.2) is 0 Å². The zero-order chi connectivity index (χ0) is 14.5. The normalized spacial score (nSPS) is 16.4. The van der Waals surface area contributed by atoms with E-state index < -0.39 is 0 Å². The zero-order valence-electron chi connectivity index (χ0n) is 12.9. The van der Waals surface area contributed by atoms with Crippen LogP contribution in [0.15, 0.2) is 18.2 Å². The molecule has 0 bridgehead atoms. The van der Waals surface area contributed by atoms with Crippen molar-refractivity contribution in [2.24, 2.45) is 0 Å². The summed E-state index contributed by atoms with van der Waals surface area (Å²) < 4.78 is 0. The maximum absolute atomic E-state index is 12.5. The summed E-state index contributed by atoms with van der Waals surface area (Å²) in [4.78, 5) is 14.5. The molecule has 0 aliphatic carbocycles. The summed E-state index contributed by atoms with van der Waals surface area (Å²) in [5, 5.41) is 3.55. The van der Waals surface area contributed by atoms with Gasteiger partial charge in [-0.1, -0.05) is 24.1 Å². The van der Waals surface area contributed by atoms with Crippen molar-refractivity contribution in [2.75, 3.05) is 19.6 Å². The Morgan fingerprint density at radius 2 is 1.80 bits per heavy atom. The van der Waals surface area contributed by atoms with Crippen LogP contribution in [-0.2, 0) is 0 Å². The minimum atomic E-state index is 0.186. The van der Waals surface area contributed by atoms with Gasteiger partial charge in [-0.15, -0.1) is 0 Å². The van der Waals surface area contributed by atoms with Crippen molar-refractivity contribution in [1.29, 1.82) is 0 Å². The number of likely N-dealkylation sites (tertiary alicyclic amines) is 1. The second kappa shape index (κ2) is 6.89. The van der Waals surface area contributed by atoms with Gasteiger partial charge in [0.15, 0.2) is 0 Å². The molecule has 0 radical (unpaired) electrons.